The zero-order chi connectivity index (χ0) is 54.3. The minimum Gasteiger partial charge on any atom is -0.462 e. The lowest BCUT2D eigenvalue weighted by Gasteiger charge is -2.18. The maximum atomic E-state index is 12.8. The maximum Gasteiger partial charge on any atom is 0.306 e. The first-order chi connectivity index (χ1) is 37.0. The lowest BCUT2D eigenvalue weighted by Crippen LogP contribution is -2.30. The molecular formula is C69H108O6. The summed E-state index contributed by atoms with van der Waals surface area (Å²) in [6.07, 6.45) is 90.0. The zero-order valence-electron chi connectivity index (χ0n) is 48.0. The SMILES string of the molecule is CC/C=C\C/C=C\C/C=C\C/C=C\C/C=C\C/C=C\C/C=C\CCCCCC(=O)OC(COC(=O)CCCCCCC)COC(=O)CCCCCCCCCC/C=C\C/C=C\C/C=C\C/C=C\C/C=C\C/C=C\CC. The third kappa shape index (κ3) is 59.8. The van der Waals surface area contributed by atoms with Gasteiger partial charge in [0.05, 0.1) is 0 Å². The van der Waals surface area contributed by atoms with Crippen molar-refractivity contribution in [2.75, 3.05) is 13.2 Å². The highest BCUT2D eigenvalue weighted by molar-refractivity contribution is 5.71. The highest BCUT2D eigenvalue weighted by Gasteiger charge is 2.19. The van der Waals surface area contributed by atoms with E-state index in [0.717, 1.165) is 161 Å². The van der Waals surface area contributed by atoms with Crippen LogP contribution in [-0.2, 0) is 28.6 Å². The summed E-state index contributed by atoms with van der Waals surface area (Å²) in [4.78, 5) is 37.9. The van der Waals surface area contributed by atoms with Crippen LogP contribution in [-0.4, -0.2) is 37.2 Å². The third-order valence-electron chi connectivity index (χ3n) is 12.0. The van der Waals surface area contributed by atoms with Gasteiger partial charge in [0.1, 0.15) is 13.2 Å². The van der Waals surface area contributed by atoms with Gasteiger partial charge in [0.25, 0.3) is 0 Å². The molecule has 0 aliphatic carbocycles. The Balaban J connectivity index is 4.22. The van der Waals surface area contributed by atoms with Gasteiger partial charge in [-0.2, -0.15) is 0 Å². The molecule has 0 spiro atoms. The van der Waals surface area contributed by atoms with Crippen molar-refractivity contribution in [1.82, 2.24) is 0 Å². The van der Waals surface area contributed by atoms with E-state index < -0.39 is 6.10 Å². The molecule has 1 unspecified atom stereocenters. The largest absolute Gasteiger partial charge is 0.462 e. The normalized spacial score (nSPS) is 13.3. The number of hydrogen-bond donors (Lipinski definition) is 0. The molecule has 0 aromatic heterocycles. The van der Waals surface area contributed by atoms with Crippen molar-refractivity contribution >= 4 is 17.9 Å². The molecule has 75 heavy (non-hydrogen) atoms. The van der Waals surface area contributed by atoms with Crippen LogP contribution in [0, 0.1) is 0 Å². The summed E-state index contributed by atoms with van der Waals surface area (Å²) in [6, 6.07) is 0. The van der Waals surface area contributed by atoms with Crippen molar-refractivity contribution in [1.29, 1.82) is 0 Å². The number of esters is 3. The number of unbranched alkanes of at least 4 members (excludes halogenated alkanes) is 15. The molecule has 0 bridgehead atoms. The predicted octanol–water partition coefficient (Wildman–Crippen LogP) is 20.5. The van der Waals surface area contributed by atoms with Gasteiger partial charge in [0, 0.05) is 19.3 Å². The van der Waals surface area contributed by atoms with Gasteiger partial charge in [-0.05, 0) is 128 Å². The van der Waals surface area contributed by atoms with Crippen LogP contribution in [0.5, 0.6) is 0 Å². The topological polar surface area (TPSA) is 78.9 Å². The first kappa shape index (κ1) is 70.0. The average molecular weight is 1030 g/mol. The molecule has 0 saturated carbocycles. The molecule has 0 radical (unpaired) electrons. The molecule has 0 heterocycles. The monoisotopic (exact) mass is 1030 g/mol. The Hall–Kier alpha value is -4.97. The van der Waals surface area contributed by atoms with E-state index in [1.807, 2.05) is 0 Å². The van der Waals surface area contributed by atoms with E-state index in [4.69, 9.17) is 14.2 Å². The van der Waals surface area contributed by atoms with Gasteiger partial charge in [-0.1, -0.05) is 249 Å². The zero-order valence-corrected chi connectivity index (χ0v) is 48.0. The summed E-state index contributed by atoms with van der Waals surface area (Å²) in [5.74, 6) is -0.965. The first-order valence-electron chi connectivity index (χ1n) is 30.0. The first-order valence-corrected chi connectivity index (χ1v) is 30.0. The molecule has 0 amide bonds. The van der Waals surface area contributed by atoms with Gasteiger partial charge in [-0.3, -0.25) is 14.4 Å². The van der Waals surface area contributed by atoms with Gasteiger partial charge >= 0.3 is 17.9 Å². The Bertz CT molecular complexity index is 1710. The second-order valence-corrected chi connectivity index (χ2v) is 19.1. The quantitative estimate of drug-likeness (QED) is 0.0261. The number of carbonyl (C=O) groups excluding carboxylic acids is 3. The summed E-state index contributed by atoms with van der Waals surface area (Å²) in [7, 11) is 0. The van der Waals surface area contributed by atoms with Crippen LogP contribution < -0.4 is 0 Å². The lowest BCUT2D eigenvalue weighted by molar-refractivity contribution is -0.167. The average Bonchev–Trinajstić information content (AvgIpc) is 3.41. The number of rotatable bonds is 52. The summed E-state index contributed by atoms with van der Waals surface area (Å²) in [6.45, 7) is 6.28. The number of ether oxygens (including phenoxy) is 3. The molecule has 420 valence electrons. The highest BCUT2D eigenvalue weighted by Crippen LogP contribution is 2.13. The number of hydrogen-bond acceptors (Lipinski definition) is 6. The Morgan fingerprint density at radius 1 is 0.280 bits per heavy atom. The van der Waals surface area contributed by atoms with Gasteiger partial charge < -0.3 is 14.2 Å². The van der Waals surface area contributed by atoms with Crippen LogP contribution in [0.3, 0.4) is 0 Å². The van der Waals surface area contributed by atoms with Crippen LogP contribution in [0.2, 0.25) is 0 Å². The van der Waals surface area contributed by atoms with Gasteiger partial charge in [-0.15, -0.1) is 0 Å². The molecule has 1 atom stereocenters. The van der Waals surface area contributed by atoms with Crippen molar-refractivity contribution in [3.8, 4) is 0 Å². The Morgan fingerprint density at radius 2 is 0.520 bits per heavy atom. The fourth-order valence-corrected chi connectivity index (χ4v) is 7.60. The van der Waals surface area contributed by atoms with E-state index in [9.17, 15) is 14.4 Å². The van der Waals surface area contributed by atoms with E-state index in [-0.39, 0.29) is 37.5 Å². The predicted molar refractivity (Wildman–Crippen MR) is 325 cm³/mol. The van der Waals surface area contributed by atoms with Crippen LogP contribution in [0.4, 0.5) is 0 Å². The van der Waals surface area contributed by atoms with Crippen molar-refractivity contribution < 1.29 is 28.6 Å². The Labute approximate surface area is 460 Å². The number of carbonyl (C=O) groups is 3. The summed E-state index contributed by atoms with van der Waals surface area (Å²) < 4.78 is 16.7. The molecule has 6 nitrogen and oxygen atoms in total. The molecule has 0 saturated heterocycles. The molecule has 0 aliphatic rings. The highest BCUT2D eigenvalue weighted by atomic mass is 16.6. The fraction of sp³-hybridized carbons (Fsp3) is 0.580. The van der Waals surface area contributed by atoms with Crippen LogP contribution in [0.15, 0.2) is 158 Å². The molecule has 0 rings (SSSR count). The molecule has 0 aromatic carbocycles. The van der Waals surface area contributed by atoms with E-state index >= 15 is 0 Å². The Morgan fingerprint density at radius 3 is 0.827 bits per heavy atom. The van der Waals surface area contributed by atoms with Gasteiger partial charge in [-0.25, -0.2) is 0 Å². The molecular weight excluding hydrogens is 925 g/mol. The van der Waals surface area contributed by atoms with Crippen molar-refractivity contribution in [2.45, 2.75) is 245 Å². The van der Waals surface area contributed by atoms with Gasteiger partial charge in [0.2, 0.25) is 0 Å². The summed E-state index contributed by atoms with van der Waals surface area (Å²) in [5.41, 5.74) is 0. The number of allylic oxidation sites excluding steroid dienone is 26. The molecule has 0 N–H and O–H groups in total. The molecule has 0 aliphatic heterocycles. The minimum absolute atomic E-state index is 0.101. The molecule has 0 aromatic rings. The minimum atomic E-state index is -0.804. The van der Waals surface area contributed by atoms with E-state index in [0.29, 0.717) is 19.3 Å². The van der Waals surface area contributed by atoms with E-state index in [2.05, 4.69) is 179 Å². The van der Waals surface area contributed by atoms with Crippen molar-refractivity contribution in [3.63, 3.8) is 0 Å². The van der Waals surface area contributed by atoms with Crippen molar-refractivity contribution in [3.05, 3.63) is 158 Å². The van der Waals surface area contributed by atoms with Crippen LogP contribution >= 0.6 is 0 Å². The fourth-order valence-electron chi connectivity index (χ4n) is 7.60. The van der Waals surface area contributed by atoms with Crippen LogP contribution in [0.1, 0.15) is 239 Å². The second-order valence-electron chi connectivity index (χ2n) is 19.1. The van der Waals surface area contributed by atoms with Crippen molar-refractivity contribution in [2.24, 2.45) is 0 Å². The molecule has 6 heteroatoms. The van der Waals surface area contributed by atoms with Crippen LogP contribution in [0.25, 0.3) is 0 Å². The van der Waals surface area contributed by atoms with E-state index in [1.165, 1.54) is 32.1 Å². The van der Waals surface area contributed by atoms with E-state index in [1.54, 1.807) is 0 Å². The Kier molecular flexibility index (Phi) is 57.5. The third-order valence-corrected chi connectivity index (χ3v) is 12.0. The van der Waals surface area contributed by atoms with Gasteiger partial charge in [0.15, 0.2) is 6.10 Å². The summed E-state index contributed by atoms with van der Waals surface area (Å²) >= 11 is 0. The standard InChI is InChI=1S/C69H108O6/c1-4-7-10-13-15-17-19-21-23-25-27-29-31-33-34-36-37-39-41-43-45-47-49-51-53-56-59-62-68(71)74-65-66(64-73-67(70)61-58-55-12-9-6-3)75-69(72)63-60-57-54-52-50-48-46-44-42-40-38-35-32-30-28-26-24-22-20-18-16-14-11-8-5-2/h7-8,10-11,15-18,21-24,27-30,33-35,37-39,42,44,48,50,66H,4-6,9,12-14,19-20,25-26,31-32,36,40-41,43,45-47,49,51-65H2,1-3H3/b10-7-,11-8-,17-15-,18-16-,23-21-,24-22-,29-27-,30-28-,34-33-,38-35-,39-37-,44-42-,50-48-. The summed E-state index contributed by atoms with van der Waals surface area (Å²) in [5, 5.41) is 0. The second kappa shape index (κ2) is 61.6. The smallest absolute Gasteiger partial charge is 0.306 e. The molecule has 0 fully saturated rings. The maximum absolute atomic E-state index is 12.8. The lowest BCUT2D eigenvalue weighted by atomic mass is 10.1.